The Hall–Kier alpha value is -0.880. The van der Waals surface area contributed by atoms with Crippen LogP contribution in [0.4, 0.5) is 4.39 Å². The van der Waals surface area contributed by atoms with Gasteiger partial charge in [0, 0.05) is 32.1 Å². The molecule has 1 saturated heterocycles. The number of amides is 1. The summed E-state index contributed by atoms with van der Waals surface area (Å²) in [7, 11) is 0. The van der Waals surface area contributed by atoms with Crippen molar-refractivity contribution in [3.8, 4) is 0 Å². The molecule has 0 saturated carbocycles. The molecule has 3 N–H and O–H groups in total. The number of hydrogen-bond donors (Lipinski definition) is 2. The van der Waals surface area contributed by atoms with E-state index in [1.807, 2.05) is 0 Å². The quantitative estimate of drug-likeness (QED) is 0.765. The second kappa shape index (κ2) is 8.83. The summed E-state index contributed by atoms with van der Waals surface area (Å²) in [5, 5.41) is 3.16. The van der Waals surface area contributed by atoms with E-state index >= 15 is 0 Å². The third kappa shape index (κ3) is 5.05. The highest BCUT2D eigenvalue weighted by molar-refractivity contribution is 6.42. The average molecular weight is 362 g/mol. The van der Waals surface area contributed by atoms with Gasteiger partial charge in [-0.2, -0.15) is 0 Å². The van der Waals surface area contributed by atoms with Crippen molar-refractivity contribution in [3.05, 3.63) is 33.6 Å². The minimum atomic E-state index is -0.510. The summed E-state index contributed by atoms with van der Waals surface area (Å²) < 4.78 is 13.4. The lowest BCUT2D eigenvalue weighted by molar-refractivity contribution is -0.121. The monoisotopic (exact) mass is 361 g/mol. The lowest BCUT2D eigenvalue weighted by Crippen LogP contribution is -2.46. The average Bonchev–Trinajstić information content (AvgIpc) is 2.55. The molecule has 1 heterocycles. The Morgan fingerprint density at radius 1 is 1.35 bits per heavy atom. The van der Waals surface area contributed by atoms with Gasteiger partial charge in [-0.3, -0.25) is 9.69 Å². The van der Waals surface area contributed by atoms with Crippen molar-refractivity contribution in [1.29, 1.82) is 0 Å². The van der Waals surface area contributed by atoms with Crippen molar-refractivity contribution < 1.29 is 9.18 Å². The first-order valence-corrected chi connectivity index (χ1v) is 8.61. The van der Waals surface area contributed by atoms with Crippen molar-refractivity contribution in [1.82, 2.24) is 10.2 Å². The lowest BCUT2D eigenvalue weighted by Gasteiger charge is -2.36. The van der Waals surface area contributed by atoms with E-state index in [9.17, 15) is 9.18 Å². The summed E-state index contributed by atoms with van der Waals surface area (Å²) in [6.07, 6.45) is 3.58. The lowest BCUT2D eigenvalue weighted by atomic mass is 10.0. The molecule has 1 aromatic carbocycles. The van der Waals surface area contributed by atoms with Crippen LogP contribution in [0.2, 0.25) is 10.0 Å². The van der Waals surface area contributed by atoms with E-state index in [2.05, 4.69) is 10.2 Å². The number of halogens is 3. The molecule has 1 aliphatic rings. The second-order valence-corrected chi connectivity index (χ2v) is 6.55. The van der Waals surface area contributed by atoms with Gasteiger partial charge in [-0.15, -0.1) is 0 Å². The van der Waals surface area contributed by atoms with Gasteiger partial charge in [-0.1, -0.05) is 35.7 Å². The molecule has 0 radical (unpaired) electrons. The third-order valence-electron chi connectivity index (χ3n) is 4.14. The Morgan fingerprint density at radius 3 is 2.87 bits per heavy atom. The van der Waals surface area contributed by atoms with Gasteiger partial charge in [0.1, 0.15) is 5.82 Å². The maximum absolute atomic E-state index is 13.4. The van der Waals surface area contributed by atoms with Crippen LogP contribution in [-0.2, 0) is 11.3 Å². The van der Waals surface area contributed by atoms with E-state index in [1.165, 1.54) is 6.07 Å². The Labute approximate surface area is 146 Å². The fourth-order valence-corrected chi connectivity index (χ4v) is 3.25. The molecule has 1 aromatic rings. The van der Waals surface area contributed by atoms with Crippen molar-refractivity contribution in [2.24, 2.45) is 5.73 Å². The van der Waals surface area contributed by atoms with Gasteiger partial charge < -0.3 is 11.1 Å². The molecular weight excluding hydrogens is 340 g/mol. The van der Waals surface area contributed by atoms with Crippen LogP contribution in [0.25, 0.3) is 0 Å². The molecule has 0 bridgehead atoms. The maximum Gasteiger partial charge on any atom is 0.221 e. The van der Waals surface area contributed by atoms with Crippen molar-refractivity contribution in [2.75, 3.05) is 19.6 Å². The van der Waals surface area contributed by atoms with E-state index in [4.69, 9.17) is 28.9 Å². The highest BCUT2D eigenvalue weighted by Gasteiger charge is 2.24. The molecule has 4 nitrogen and oxygen atoms in total. The molecule has 7 heteroatoms. The van der Waals surface area contributed by atoms with Gasteiger partial charge in [0.2, 0.25) is 5.91 Å². The number of carbonyl (C=O) groups excluding carboxylic acids is 1. The second-order valence-electron chi connectivity index (χ2n) is 5.80. The number of nitrogens with two attached hydrogens (primary N) is 1. The van der Waals surface area contributed by atoms with E-state index in [0.717, 1.165) is 31.4 Å². The predicted molar refractivity (Wildman–Crippen MR) is 91.2 cm³/mol. The van der Waals surface area contributed by atoms with Gasteiger partial charge in [0.05, 0.1) is 10.0 Å². The molecule has 128 valence electrons. The number of hydrogen-bond acceptors (Lipinski definition) is 3. The number of piperidine rings is 1. The van der Waals surface area contributed by atoms with Crippen LogP contribution in [0, 0.1) is 5.82 Å². The van der Waals surface area contributed by atoms with Gasteiger partial charge in [-0.25, -0.2) is 4.39 Å². The molecular formula is C16H22Cl2FN3O. The number of benzene rings is 1. The zero-order valence-corrected chi connectivity index (χ0v) is 14.5. The van der Waals surface area contributed by atoms with E-state index in [1.54, 1.807) is 6.07 Å². The van der Waals surface area contributed by atoms with E-state index < -0.39 is 5.82 Å². The molecule has 23 heavy (non-hydrogen) atoms. The Balaban J connectivity index is 2.01. The van der Waals surface area contributed by atoms with Crippen LogP contribution in [0.15, 0.2) is 12.1 Å². The predicted octanol–water partition coefficient (Wildman–Crippen LogP) is 2.95. The first-order valence-electron chi connectivity index (χ1n) is 7.86. The Kier molecular flexibility index (Phi) is 7.09. The van der Waals surface area contributed by atoms with Gasteiger partial charge >= 0.3 is 0 Å². The van der Waals surface area contributed by atoms with Crippen LogP contribution in [-0.4, -0.2) is 36.5 Å². The molecule has 2 rings (SSSR count). The number of nitrogens with one attached hydrogen (secondary N) is 1. The smallest absolute Gasteiger partial charge is 0.221 e. The number of likely N-dealkylation sites (tertiary alicyclic amines) is 1. The van der Waals surface area contributed by atoms with Crippen LogP contribution >= 0.6 is 23.2 Å². The fraction of sp³-hybridized carbons (Fsp3) is 0.562. The molecule has 1 unspecified atom stereocenters. The van der Waals surface area contributed by atoms with Crippen LogP contribution in [0.5, 0.6) is 0 Å². The molecule has 0 spiro atoms. The summed E-state index contributed by atoms with van der Waals surface area (Å²) in [4.78, 5) is 13.9. The summed E-state index contributed by atoms with van der Waals surface area (Å²) in [5.41, 5.74) is 6.19. The van der Waals surface area contributed by atoms with Crippen LogP contribution in [0.3, 0.4) is 0 Å². The highest BCUT2D eigenvalue weighted by atomic mass is 35.5. The SMILES string of the molecule is NCCC(=O)NCC1CCCCN1Cc1ccc(F)c(Cl)c1Cl. The van der Waals surface area contributed by atoms with Gasteiger partial charge in [0.15, 0.2) is 0 Å². The van der Waals surface area contributed by atoms with Crippen molar-refractivity contribution in [2.45, 2.75) is 38.3 Å². The van der Waals surface area contributed by atoms with Gasteiger partial charge in [-0.05, 0) is 31.0 Å². The molecule has 1 fully saturated rings. The first-order chi connectivity index (χ1) is 11.0. The third-order valence-corrected chi connectivity index (χ3v) is 5.04. The Bertz CT molecular complexity index is 556. The highest BCUT2D eigenvalue weighted by Crippen LogP contribution is 2.30. The summed E-state index contributed by atoms with van der Waals surface area (Å²) >= 11 is 12.0. The molecule has 1 amide bonds. The van der Waals surface area contributed by atoms with Crippen molar-refractivity contribution in [3.63, 3.8) is 0 Å². The normalized spacial score (nSPS) is 18.9. The number of nitrogens with zero attached hydrogens (tertiary/aromatic N) is 1. The minimum absolute atomic E-state index is 0.0270. The van der Waals surface area contributed by atoms with Crippen LogP contribution in [0.1, 0.15) is 31.2 Å². The summed E-state index contributed by atoms with van der Waals surface area (Å²) in [6.45, 7) is 2.45. The zero-order chi connectivity index (χ0) is 16.8. The number of carbonyl (C=O) groups is 1. The first kappa shape index (κ1) is 18.5. The standard InChI is InChI=1S/C16H22Cl2FN3O/c17-15-11(4-5-13(19)16(15)18)10-22-8-2-1-3-12(22)9-21-14(23)6-7-20/h4-5,12H,1-3,6-10,20H2,(H,21,23). The minimum Gasteiger partial charge on any atom is -0.354 e. The van der Waals surface area contributed by atoms with Gasteiger partial charge in [0.25, 0.3) is 0 Å². The van der Waals surface area contributed by atoms with Crippen LogP contribution < -0.4 is 11.1 Å². The fourth-order valence-electron chi connectivity index (χ4n) is 2.86. The van der Waals surface area contributed by atoms with Crippen molar-refractivity contribution >= 4 is 29.1 Å². The molecule has 1 atom stereocenters. The van der Waals surface area contributed by atoms with E-state index in [0.29, 0.717) is 26.1 Å². The number of rotatable bonds is 6. The molecule has 0 aliphatic carbocycles. The summed E-state index contributed by atoms with van der Waals surface area (Å²) in [6, 6.07) is 3.25. The summed E-state index contributed by atoms with van der Waals surface area (Å²) in [5.74, 6) is -0.537. The zero-order valence-electron chi connectivity index (χ0n) is 13.0. The molecule has 1 aliphatic heterocycles. The Morgan fingerprint density at radius 2 is 2.13 bits per heavy atom. The largest absolute Gasteiger partial charge is 0.354 e. The van der Waals surface area contributed by atoms with E-state index in [-0.39, 0.29) is 22.0 Å². The molecule has 0 aromatic heterocycles. The topological polar surface area (TPSA) is 58.4 Å². The maximum atomic E-state index is 13.4.